The van der Waals surface area contributed by atoms with Crippen LogP contribution in [0, 0.1) is 0 Å². The maximum absolute atomic E-state index is 13.0. The lowest BCUT2D eigenvalue weighted by atomic mass is 10.0. The first-order valence-electron chi connectivity index (χ1n) is 14.6. The molecule has 0 aliphatic rings. The predicted molar refractivity (Wildman–Crippen MR) is 181 cm³/mol. The molecule has 0 radical (unpaired) electrons. The summed E-state index contributed by atoms with van der Waals surface area (Å²) in [6.07, 6.45) is 0.376. The second-order valence-electron chi connectivity index (χ2n) is 10.6. The number of carbonyl (C=O) groups is 2. The molecule has 14 heteroatoms. The van der Waals surface area contributed by atoms with Gasteiger partial charge in [-0.2, -0.15) is 40.1 Å². The number of Topliss-reactive ketones (excluding diaryl/α,β-unsaturated/α-hetero) is 2. The molecule has 0 unspecified atom stereocenters. The first kappa shape index (κ1) is 31.0. The van der Waals surface area contributed by atoms with E-state index in [1.165, 1.54) is 0 Å². The minimum absolute atomic E-state index is 0.00555. The second-order valence-corrected chi connectivity index (χ2v) is 10.6. The molecule has 0 spiro atoms. The number of carbonyl (C=O) groups excluding carboxylic acids is 2. The summed E-state index contributed by atoms with van der Waals surface area (Å²) in [6, 6.07) is 28.4. The number of nitrogens with zero attached hydrogens (tertiary/aromatic N) is 8. The molecule has 6 aromatic rings. The molecular weight excluding hydrogens is 608 g/mol. The molecule has 2 heterocycles. The zero-order valence-electron chi connectivity index (χ0n) is 25.4. The van der Waals surface area contributed by atoms with Gasteiger partial charge >= 0.3 is 0 Å². The lowest BCUT2D eigenvalue weighted by Gasteiger charge is -2.06. The highest BCUT2D eigenvalue weighted by Gasteiger charge is 2.13. The van der Waals surface area contributed by atoms with E-state index in [1.807, 2.05) is 24.3 Å². The monoisotopic (exact) mass is 636 g/mol. The Morgan fingerprint density at radius 2 is 0.833 bits per heavy atom. The number of rotatable bonds is 10. The van der Waals surface area contributed by atoms with Gasteiger partial charge < -0.3 is 22.9 Å². The van der Waals surface area contributed by atoms with E-state index in [9.17, 15) is 9.59 Å². The van der Waals surface area contributed by atoms with Gasteiger partial charge in [-0.05, 0) is 47.5 Å². The summed E-state index contributed by atoms with van der Waals surface area (Å²) in [6.45, 7) is 0. The minimum Gasteiger partial charge on any atom is -0.368 e. The first-order chi connectivity index (χ1) is 23.2. The Bertz CT molecular complexity index is 1970. The molecule has 6 rings (SSSR count). The van der Waals surface area contributed by atoms with Crippen LogP contribution in [0.2, 0.25) is 0 Å². The molecule has 8 N–H and O–H groups in total. The van der Waals surface area contributed by atoms with Crippen molar-refractivity contribution in [3.63, 3.8) is 0 Å². The quantitative estimate of drug-likeness (QED) is 0.115. The van der Waals surface area contributed by atoms with Gasteiger partial charge in [-0.15, -0.1) is 0 Å². The Hall–Kier alpha value is -6.96. The van der Waals surface area contributed by atoms with Crippen LogP contribution >= 0.6 is 0 Å². The van der Waals surface area contributed by atoms with Crippen LogP contribution in [0.25, 0.3) is 22.8 Å². The maximum Gasteiger partial charge on any atom is 0.225 e. The van der Waals surface area contributed by atoms with E-state index in [1.54, 1.807) is 72.8 Å². The van der Waals surface area contributed by atoms with Crippen LogP contribution in [-0.2, 0) is 12.8 Å². The van der Waals surface area contributed by atoms with Gasteiger partial charge in [-0.25, -0.2) is 0 Å². The smallest absolute Gasteiger partial charge is 0.225 e. The molecule has 0 bridgehead atoms. The van der Waals surface area contributed by atoms with Crippen molar-refractivity contribution < 1.29 is 9.59 Å². The highest BCUT2D eigenvalue weighted by Crippen LogP contribution is 2.23. The highest BCUT2D eigenvalue weighted by atomic mass is 16.1. The predicted octanol–water partition coefficient (Wildman–Crippen LogP) is 4.99. The number of anilines is 4. The van der Waals surface area contributed by atoms with Crippen LogP contribution in [0.1, 0.15) is 31.8 Å². The number of azo groups is 1. The number of aromatic nitrogens is 6. The molecule has 0 amide bonds. The zero-order chi connectivity index (χ0) is 33.6. The van der Waals surface area contributed by atoms with Crippen LogP contribution in [0.3, 0.4) is 0 Å². The second kappa shape index (κ2) is 13.6. The number of hydrogen-bond acceptors (Lipinski definition) is 14. The molecule has 48 heavy (non-hydrogen) atoms. The van der Waals surface area contributed by atoms with Gasteiger partial charge in [0.2, 0.25) is 23.8 Å². The molecular formula is C34H28N12O2. The standard InChI is InChI=1S/C34H28N12O2/c35-31-39-29(40-32(36)43-31)23-5-1-3-21(17-23)27(47)15-19-7-11-25(12-8-19)45-46-26-13-9-20(10-14-26)16-28(48)22-4-2-6-24(18-22)30-41-33(37)44-34(38)42-30/h1-14,17-18H,15-16H2,(H4,35,36,39,40,43)(H4,37,38,41,42,44). The summed E-state index contributed by atoms with van der Waals surface area (Å²) in [5.41, 5.74) is 27.8. The number of benzene rings is 4. The number of nitrogen functional groups attached to an aromatic ring is 4. The van der Waals surface area contributed by atoms with Gasteiger partial charge in [-0.1, -0.05) is 60.7 Å². The highest BCUT2D eigenvalue weighted by molar-refractivity contribution is 5.99. The van der Waals surface area contributed by atoms with Crippen LogP contribution < -0.4 is 22.9 Å². The molecule has 0 aliphatic carbocycles. The van der Waals surface area contributed by atoms with E-state index in [0.717, 1.165) is 11.1 Å². The van der Waals surface area contributed by atoms with Crippen LogP contribution in [-0.4, -0.2) is 41.5 Å². The Morgan fingerprint density at radius 3 is 1.19 bits per heavy atom. The fraction of sp³-hybridized carbons (Fsp3) is 0.0588. The third-order valence-corrected chi connectivity index (χ3v) is 7.11. The Labute approximate surface area is 274 Å². The number of hydrogen-bond donors (Lipinski definition) is 4. The van der Waals surface area contributed by atoms with Crippen molar-refractivity contribution in [2.24, 2.45) is 10.2 Å². The molecule has 236 valence electrons. The average molecular weight is 637 g/mol. The summed E-state index contributed by atoms with van der Waals surface area (Å²) in [5, 5.41) is 8.61. The number of ketones is 2. The summed E-state index contributed by atoms with van der Waals surface area (Å²) < 4.78 is 0. The first-order valence-corrected chi connectivity index (χ1v) is 14.6. The third-order valence-electron chi connectivity index (χ3n) is 7.11. The molecule has 0 aliphatic heterocycles. The molecule has 0 saturated carbocycles. The minimum atomic E-state index is -0.0781. The maximum atomic E-state index is 13.0. The van der Waals surface area contributed by atoms with Gasteiger partial charge in [0.15, 0.2) is 23.2 Å². The fourth-order valence-corrected chi connectivity index (χ4v) is 4.79. The van der Waals surface area contributed by atoms with E-state index in [0.29, 0.717) is 45.3 Å². The van der Waals surface area contributed by atoms with E-state index in [4.69, 9.17) is 22.9 Å². The lowest BCUT2D eigenvalue weighted by molar-refractivity contribution is 0.0985. The summed E-state index contributed by atoms with van der Waals surface area (Å²) in [7, 11) is 0. The Morgan fingerprint density at radius 1 is 0.479 bits per heavy atom. The van der Waals surface area contributed by atoms with Gasteiger partial charge in [-0.3, -0.25) is 9.59 Å². The normalized spacial score (nSPS) is 11.1. The lowest BCUT2D eigenvalue weighted by Crippen LogP contribution is -2.06. The van der Waals surface area contributed by atoms with E-state index >= 15 is 0 Å². The molecule has 0 atom stereocenters. The van der Waals surface area contributed by atoms with Crippen molar-refractivity contribution in [2.75, 3.05) is 22.9 Å². The van der Waals surface area contributed by atoms with Crippen molar-refractivity contribution in [2.45, 2.75) is 12.8 Å². The topological polar surface area (TPSA) is 240 Å². The molecule has 4 aromatic carbocycles. The molecule has 0 saturated heterocycles. The molecule has 2 aromatic heterocycles. The Balaban J connectivity index is 1.05. The van der Waals surface area contributed by atoms with E-state index < -0.39 is 0 Å². The number of nitrogens with two attached hydrogens (primary N) is 4. The summed E-state index contributed by atoms with van der Waals surface area (Å²) in [5.74, 6) is 0.458. The van der Waals surface area contributed by atoms with Gasteiger partial charge in [0.05, 0.1) is 11.4 Å². The Kier molecular flexibility index (Phi) is 8.78. The van der Waals surface area contributed by atoms with Crippen molar-refractivity contribution in [3.05, 3.63) is 119 Å². The summed E-state index contributed by atoms with van der Waals surface area (Å²) in [4.78, 5) is 50.0. The average Bonchev–Trinajstić information content (AvgIpc) is 3.08. The van der Waals surface area contributed by atoms with Crippen molar-refractivity contribution >= 4 is 46.7 Å². The van der Waals surface area contributed by atoms with Crippen molar-refractivity contribution in [1.29, 1.82) is 0 Å². The molecule has 14 nitrogen and oxygen atoms in total. The van der Waals surface area contributed by atoms with Gasteiger partial charge in [0.25, 0.3) is 0 Å². The van der Waals surface area contributed by atoms with Gasteiger partial charge in [0, 0.05) is 35.1 Å². The zero-order valence-corrected chi connectivity index (χ0v) is 25.4. The van der Waals surface area contributed by atoms with E-state index in [2.05, 4.69) is 40.1 Å². The van der Waals surface area contributed by atoms with Crippen LogP contribution in [0.5, 0.6) is 0 Å². The third kappa shape index (κ3) is 7.63. The largest absolute Gasteiger partial charge is 0.368 e. The van der Waals surface area contributed by atoms with E-state index in [-0.39, 0.29) is 48.2 Å². The molecule has 0 fully saturated rings. The van der Waals surface area contributed by atoms with Crippen molar-refractivity contribution in [3.8, 4) is 22.8 Å². The van der Waals surface area contributed by atoms with Crippen LogP contribution in [0.15, 0.2) is 107 Å². The van der Waals surface area contributed by atoms with Crippen LogP contribution in [0.4, 0.5) is 35.2 Å². The SMILES string of the molecule is Nc1nc(N)nc(-c2cccc(C(=O)Cc3ccc(N=Nc4ccc(CC(=O)c5cccc(-c6nc(N)nc(N)n6)c5)cc4)cc3)c2)n1. The van der Waals surface area contributed by atoms with Crippen molar-refractivity contribution in [1.82, 2.24) is 29.9 Å². The van der Waals surface area contributed by atoms with Gasteiger partial charge in [0.1, 0.15) is 0 Å². The summed E-state index contributed by atoms with van der Waals surface area (Å²) >= 11 is 0. The fourth-order valence-electron chi connectivity index (χ4n) is 4.79.